The molecule has 2 aromatic heterocycles. The molecule has 1 fully saturated rings. The highest BCUT2D eigenvalue weighted by molar-refractivity contribution is 7.98. The number of furan rings is 1. The lowest BCUT2D eigenvalue weighted by atomic mass is 10.1. The molecule has 0 saturated carbocycles. The van der Waals surface area contributed by atoms with E-state index in [0.717, 1.165) is 22.1 Å². The second-order valence-electron chi connectivity index (χ2n) is 6.51. The van der Waals surface area contributed by atoms with E-state index >= 15 is 0 Å². The normalized spacial score (nSPS) is 14.5. The number of rotatable bonds is 5. The van der Waals surface area contributed by atoms with Crippen LogP contribution in [0, 0.1) is 13.8 Å². The van der Waals surface area contributed by atoms with Crippen LogP contribution in [-0.4, -0.2) is 64.0 Å². The quantitative estimate of drug-likeness (QED) is 0.578. The Morgan fingerprint density at radius 3 is 2.30 bits per heavy atom. The molecular weight excluding hydrogens is 364 g/mol. The minimum atomic E-state index is -0.121. The summed E-state index contributed by atoms with van der Waals surface area (Å²) in [6.45, 7) is 6.07. The molecule has 0 unspecified atom stereocenters. The minimum absolute atomic E-state index is 0.104. The summed E-state index contributed by atoms with van der Waals surface area (Å²) in [6.07, 6.45) is 4.51. The Hall–Kier alpha value is -2.35. The van der Waals surface area contributed by atoms with E-state index in [9.17, 15) is 9.59 Å². The summed E-state index contributed by atoms with van der Waals surface area (Å²) in [5.41, 5.74) is 2.93. The van der Waals surface area contributed by atoms with Crippen LogP contribution in [0.1, 0.15) is 33.9 Å². The number of hydrogen-bond acceptors (Lipinski definition) is 6. The van der Waals surface area contributed by atoms with Crippen molar-refractivity contribution in [3.05, 3.63) is 41.1 Å². The molecule has 8 heteroatoms. The molecule has 0 atom stereocenters. The topological polar surface area (TPSA) is 79.5 Å². The Balaban J connectivity index is 1.52. The Morgan fingerprint density at radius 1 is 1.11 bits per heavy atom. The van der Waals surface area contributed by atoms with Crippen molar-refractivity contribution in [1.82, 2.24) is 19.8 Å². The highest BCUT2D eigenvalue weighted by Crippen LogP contribution is 2.18. The smallest absolute Gasteiger partial charge is 0.289 e. The average Bonchev–Trinajstić information content (AvgIpc) is 3.21. The van der Waals surface area contributed by atoms with E-state index in [-0.39, 0.29) is 11.8 Å². The molecule has 3 heterocycles. The molecule has 2 aromatic rings. The van der Waals surface area contributed by atoms with Crippen molar-refractivity contribution in [2.45, 2.75) is 31.8 Å². The van der Waals surface area contributed by atoms with E-state index in [0.29, 0.717) is 44.8 Å². The fourth-order valence-corrected chi connectivity index (χ4v) is 3.72. The molecule has 7 nitrogen and oxygen atoms in total. The maximum Gasteiger partial charge on any atom is 0.289 e. The van der Waals surface area contributed by atoms with Gasteiger partial charge in [0.25, 0.3) is 5.91 Å². The van der Waals surface area contributed by atoms with Gasteiger partial charge in [0.15, 0.2) is 10.9 Å². The van der Waals surface area contributed by atoms with E-state index in [2.05, 4.69) is 9.97 Å². The average molecular weight is 388 g/mol. The maximum atomic E-state index is 12.6. The summed E-state index contributed by atoms with van der Waals surface area (Å²) >= 11 is 1.52. The Morgan fingerprint density at radius 2 is 1.74 bits per heavy atom. The molecule has 0 aromatic carbocycles. The highest BCUT2D eigenvalue weighted by atomic mass is 32.2. The summed E-state index contributed by atoms with van der Waals surface area (Å²) in [5.74, 6) is 0.326. The van der Waals surface area contributed by atoms with Gasteiger partial charge in [-0.25, -0.2) is 9.97 Å². The number of amides is 2. The Kier molecular flexibility index (Phi) is 6.15. The molecule has 0 bridgehead atoms. The van der Waals surface area contributed by atoms with Crippen LogP contribution in [0.2, 0.25) is 0 Å². The summed E-state index contributed by atoms with van der Waals surface area (Å²) in [6, 6.07) is 3.36. The predicted molar refractivity (Wildman–Crippen MR) is 103 cm³/mol. The first-order valence-corrected chi connectivity index (χ1v) is 10.2. The summed E-state index contributed by atoms with van der Waals surface area (Å²) < 4.78 is 5.16. The van der Waals surface area contributed by atoms with Gasteiger partial charge in [-0.15, -0.1) is 0 Å². The summed E-state index contributed by atoms with van der Waals surface area (Å²) in [5, 5.41) is 0.762. The van der Waals surface area contributed by atoms with Crippen molar-refractivity contribution >= 4 is 23.6 Å². The summed E-state index contributed by atoms with van der Waals surface area (Å²) in [7, 11) is 0. The molecule has 2 amide bonds. The fourth-order valence-electron chi connectivity index (χ4n) is 3.27. The van der Waals surface area contributed by atoms with Gasteiger partial charge >= 0.3 is 0 Å². The lowest BCUT2D eigenvalue weighted by Crippen LogP contribution is -2.50. The maximum absolute atomic E-state index is 12.6. The third kappa shape index (κ3) is 4.50. The van der Waals surface area contributed by atoms with Gasteiger partial charge in [-0.3, -0.25) is 9.59 Å². The number of aromatic nitrogens is 2. The van der Waals surface area contributed by atoms with Gasteiger partial charge in [0, 0.05) is 44.0 Å². The van der Waals surface area contributed by atoms with Crippen LogP contribution in [0.15, 0.2) is 28.0 Å². The van der Waals surface area contributed by atoms with Gasteiger partial charge in [-0.05, 0) is 44.2 Å². The molecule has 0 aliphatic carbocycles. The zero-order valence-electron chi connectivity index (χ0n) is 15.9. The highest BCUT2D eigenvalue weighted by Gasteiger charge is 2.26. The number of hydrogen-bond donors (Lipinski definition) is 0. The van der Waals surface area contributed by atoms with Crippen LogP contribution < -0.4 is 0 Å². The fraction of sp³-hybridized carbons (Fsp3) is 0.474. The SMILES string of the molecule is CSc1nc(C)c(CCC(=O)N2CCN(C(=O)c3ccco3)CC2)c(C)n1. The molecule has 1 aliphatic rings. The van der Waals surface area contributed by atoms with Gasteiger partial charge in [0.2, 0.25) is 5.91 Å². The standard InChI is InChI=1S/C19H24N4O3S/c1-13-15(14(2)21-19(20-13)27-3)6-7-17(24)22-8-10-23(11-9-22)18(25)16-5-4-12-26-16/h4-5,12H,6-11H2,1-3H3. The van der Waals surface area contributed by atoms with Crippen LogP contribution in [0.25, 0.3) is 0 Å². The van der Waals surface area contributed by atoms with Gasteiger partial charge in [0.1, 0.15) is 0 Å². The van der Waals surface area contributed by atoms with Crippen LogP contribution in [-0.2, 0) is 11.2 Å². The Bertz CT molecular complexity index is 791. The van der Waals surface area contributed by atoms with Crippen molar-refractivity contribution in [3.63, 3.8) is 0 Å². The molecule has 0 spiro atoms. The van der Waals surface area contributed by atoms with Crippen LogP contribution in [0.4, 0.5) is 0 Å². The lowest BCUT2D eigenvalue weighted by molar-refractivity contribution is -0.132. The summed E-state index contributed by atoms with van der Waals surface area (Å²) in [4.78, 5) is 37.4. The molecule has 3 rings (SSSR count). The molecule has 144 valence electrons. The number of aryl methyl sites for hydroxylation is 2. The van der Waals surface area contributed by atoms with E-state index in [4.69, 9.17) is 4.42 Å². The minimum Gasteiger partial charge on any atom is -0.459 e. The second kappa shape index (κ2) is 8.56. The van der Waals surface area contributed by atoms with Crippen molar-refractivity contribution in [2.75, 3.05) is 32.4 Å². The lowest BCUT2D eigenvalue weighted by Gasteiger charge is -2.34. The van der Waals surface area contributed by atoms with Gasteiger partial charge in [0.05, 0.1) is 6.26 Å². The van der Waals surface area contributed by atoms with Crippen molar-refractivity contribution < 1.29 is 14.0 Å². The van der Waals surface area contributed by atoms with Gasteiger partial charge < -0.3 is 14.2 Å². The van der Waals surface area contributed by atoms with E-state index in [1.807, 2.05) is 25.0 Å². The number of carbonyl (C=O) groups excluding carboxylic acids is 2. The van der Waals surface area contributed by atoms with Crippen molar-refractivity contribution in [3.8, 4) is 0 Å². The van der Waals surface area contributed by atoms with Crippen LogP contribution >= 0.6 is 11.8 Å². The molecule has 1 aliphatic heterocycles. The first-order valence-electron chi connectivity index (χ1n) is 8.98. The number of carbonyl (C=O) groups is 2. The van der Waals surface area contributed by atoms with Crippen LogP contribution in [0.5, 0.6) is 0 Å². The van der Waals surface area contributed by atoms with Gasteiger partial charge in [-0.2, -0.15) is 0 Å². The zero-order chi connectivity index (χ0) is 19.4. The van der Waals surface area contributed by atoms with E-state index in [1.165, 1.54) is 18.0 Å². The molecule has 0 radical (unpaired) electrons. The molecular formula is C19H24N4O3S. The number of nitrogens with zero attached hydrogens (tertiary/aromatic N) is 4. The monoisotopic (exact) mass is 388 g/mol. The number of piperazine rings is 1. The second-order valence-corrected chi connectivity index (χ2v) is 7.28. The third-order valence-corrected chi connectivity index (χ3v) is 5.37. The molecule has 27 heavy (non-hydrogen) atoms. The first kappa shape index (κ1) is 19.4. The van der Waals surface area contributed by atoms with E-state index < -0.39 is 0 Å². The number of thioether (sulfide) groups is 1. The Labute approximate surface area is 163 Å². The zero-order valence-corrected chi connectivity index (χ0v) is 16.7. The van der Waals surface area contributed by atoms with Gasteiger partial charge in [-0.1, -0.05) is 11.8 Å². The van der Waals surface area contributed by atoms with Crippen LogP contribution in [0.3, 0.4) is 0 Å². The first-order chi connectivity index (χ1) is 13.0. The molecule has 1 saturated heterocycles. The largest absolute Gasteiger partial charge is 0.459 e. The van der Waals surface area contributed by atoms with E-state index in [1.54, 1.807) is 17.0 Å². The van der Waals surface area contributed by atoms with Crippen molar-refractivity contribution in [1.29, 1.82) is 0 Å². The molecule has 0 N–H and O–H groups in total. The van der Waals surface area contributed by atoms with Crippen molar-refractivity contribution in [2.24, 2.45) is 0 Å². The predicted octanol–water partition coefficient (Wildman–Crippen LogP) is 2.33. The third-order valence-electron chi connectivity index (χ3n) is 4.82.